The lowest BCUT2D eigenvalue weighted by Crippen LogP contribution is -2.39. The van der Waals surface area contributed by atoms with E-state index in [1.807, 2.05) is 0 Å². The Morgan fingerprint density at radius 2 is 2.20 bits per heavy atom. The number of H-pyrrole nitrogens is 1. The molecule has 0 fully saturated rings. The summed E-state index contributed by atoms with van der Waals surface area (Å²) in [5.74, 6) is -0.216. The molecular weight excluding hydrogens is 278 g/mol. The van der Waals surface area contributed by atoms with Crippen molar-refractivity contribution < 1.29 is 9.90 Å². The first-order valence-corrected chi connectivity index (χ1v) is 6.97. The van der Waals surface area contributed by atoms with Gasteiger partial charge in [-0.1, -0.05) is 0 Å². The second-order valence-electron chi connectivity index (χ2n) is 5.44. The quantitative estimate of drug-likeness (QED) is 0.889. The van der Waals surface area contributed by atoms with Gasteiger partial charge in [0.1, 0.15) is 4.83 Å². The Morgan fingerprint density at radius 3 is 2.75 bits per heavy atom. The molecule has 0 radical (unpaired) electrons. The van der Waals surface area contributed by atoms with Crippen LogP contribution in [0.4, 0.5) is 0 Å². The number of aromatic nitrogens is 2. The van der Waals surface area contributed by atoms with E-state index in [0.717, 1.165) is 0 Å². The fourth-order valence-electron chi connectivity index (χ4n) is 2.11. The zero-order chi connectivity index (χ0) is 15.1. The Balaban J connectivity index is 2.43. The summed E-state index contributed by atoms with van der Waals surface area (Å²) in [4.78, 5) is 33.3. The van der Waals surface area contributed by atoms with E-state index < -0.39 is 5.60 Å². The van der Waals surface area contributed by atoms with Gasteiger partial charge in [0.15, 0.2) is 0 Å². The minimum Gasteiger partial charge on any atom is -0.389 e. The third-order valence-corrected chi connectivity index (χ3v) is 4.09. The molecule has 0 aliphatic carbocycles. The number of thiophene rings is 1. The molecule has 0 aliphatic heterocycles. The Kier molecular flexibility index (Phi) is 3.66. The zero-order valence-corrected chi connectivity index (χ0v) is 12.7. The van der Waals surface area contributed by atoms with E-state index in [1.165, 1.54) is 22.6 Å². The molecule has 1 amide bonds. The van der Waals surface area contributed by atoms with Gasteiger partial charge in [-0.25, -0.2) is 4.98 Å². The van der Waals surface area contributed by atoms with Crippen LogP contribution in [0.25, 0.3) is 10.2 Å². The second-order valence-corrected chi connectivity index (χ2v) is 6.44. The molecule has 2 heterocycles. The third kappa shape index (κ3) is 2.73. The van der Waals surface area contributed by atoms with Crippen LogP contribution in [0.3, 0.4) is 0 Å². The van der Waals surface area contributed by atoms with E-state index in [0.29, 0.717) is 20.7 Å². The van der Waals surface area contributed by atoms with Crippen LogP contribution in [-0.4, -0.2) is 45.1 Å². The number of aryl methyl sites for hydroxylation is 1. The smallest absolute Gasteiger partial charge is 0.264 e. The number of fused-ring (bicyclic) bond motifs is 1. The molecule has 0 bridgehead atoms. The molecule has 0 saturated carbocycles. The maximum atomic E-state index is 12.4. The number of hydrogen-bond acceptors (Lipinski definition) is 5. The number of rotatable bonds is 3. The summed E-state index contributed by atoms with van der Waals surface area (Å²) >= 11 is 1.20. The van der Waals surface area contributed by atoms with Crippen LogP contribution < -0.4 is 5.56 Å². The van der Waals surface area contributed by atoms with Gasteiger partial charge in [0.05, 0.1) is 22.2 Å². The molecule has 20 heavy (non-hydrogen) atoms. The van der Waals surface area contributed by atoms with E-state index >= 15 is 0 Å². The van der Waals surface area contributed by atoms with E-state index in [9.17, 15) is 14.7 Å². The molecular formula is C13H17N3O3S. The Labute approximate surface area is 120 Å². The van der Waals surface area contributed by atoms with Crippen molar-refractivity contribution in [3.8, 4) is 0 Å². The number of nitrogens with zero attached hydrogens (tertiary/aromatic N) is 2. The third-order valence-electron chi connectivity index (χ3n) is 2.90. The molecule has 2 N–H and O–H groups in total. The minimum atomic E-state index is -0.968. The predicted octanol–water partition coefficient (Wildman–Crippen LogP) is 1.14. The molecule has 0 atom stereocenters. The van der Waals surface area contributed by atoms with Crippen LogP contribution in [0.15, 0.2) is 11.1 Å². The number of carbonyl (C=O) groups is 1. The van der Waals surface area contributed by atoms with Crippen LogP contribution in [-0.2, 0) is 0 Å². The first kappa shape index (κ1) is 14.7. The van der Waals surface area contributed by atoms with E-state index in [-0.39, 0.29) is 18.0 Å². The van der Waals surface area contributed by atoms with Gasteiger partial charge in [-0.2, -0.15) is 0 Å². The highest BCUT2D eigenvalue weighted by Crippen LogP contribution is 2.27. The van der Waals surface area contributed by atoms with Gasteiger partial charge < -0.3 is 15.0 Å². The normalized spacial score (nSPS) is 11.8. The van der Waals surface area contributed by atoms with Gasteiger partial charge in [-0.15, -0.1) is 11.3 Å². The molecule has 108 valence electrons. The average molecular weight is 295 g/mol. The Bertz CT molecular complexity index is 712. The van der Waals surface area contributed by atoms with Crippen LogP contribution in [0.5, 0.6) is 0 Å². The van der Waals surface area contributed by atoms with E-state index in [1.54, 1.807) is 27.8 Å². The topological polar surface area (TPSA) is 86.3 Å². The number of nitrogens with one attached hydrogen (secondary N) is 1. The molecule has 0 unspecified atom stereocenters. The molecule has 0 aliphatic rings. The molecule has 7 heteroatoms. The summed E-state index contributed by atoms with van der Waals surface area (Å²) in [5, 5.41) is 10.2. The molecule has 2 aromatic heterocycles. The van der Waals surface area contributed by atoms with Crippen molar-refractivity contribution in [2.45, 2.75) is 26.4 Å². The van der Waals surface area contributed by atoms with Crippen LogP contribution in [0.1, 0.15) is 29.1 Å². The number of hydrogen-bond donors (Lipinski definition) is 2. The van der Waals surface area contributed by atoms with Crippen LogP contribution in [0, 0.1) is 6.92 Å². The summed E-state index contributed by atoms with van der Waals surface area (Å²) in [6.07, 6.45) is 1.33. The number of carbonyl (C=O) groups excluding carboxylic acids is 1. The molecule has 0 saturated heterocycles. The lowest BCUT2D eigenvalue weighted by atomic mass is 10.1. The average Bonchev–Trinajstić information content (AvgIpc) is 2.65. The maximum Gasteiger partial charge on any atom is 0.264 e. The summed E-state index contributed by atoms with van der Waals surface area (Å²) in [6.45, 7) is 5.23. The first-order valence-electron chi connectivity index (χ1n) is 6.15. The lowest BCUT2D eigenvalue weighted by molar-refractivity contribution is 0.0370. The van der Waals surface area contributed by atoms with Crippen LogP contribution in [0.2, 0.25) is 0 Å². The standard InChI is InChI=1S/C13H17N3O3S/c1-7-8-10(17)14-6-15-11(8)20-9(7)12(18)16(4)5-13(2,3)19/h6,19H,5H2,1-4H3,(H,14,15,17). The van der Waals surface area contributed by atoms with Gasteiger partial charge in [0.2, 0.25) is 0 Å². The highest BCUT2D eigenvalue weighted by atomic mass is 32.1. The number of likely N-dealkylation sites (N-methyl/N-ethyl adjacent to an activating group) is 1. The summed E-state index contributed by atoms with van der Waals surface area (Å²) in [6, 6.07) is 0. The van der Waals surface area contributed by atoms with E-state index in [4.69, 9.17) is 0 Å². The molecule has 2 aromatic rings. The maximum absolute atomic E-state index is 12.4. The van der Waals surface area contributed by atoms with Gasteiger partial charge in [0.25, 0.3) is 11.5 Å². The first-order chi connectivity index (χ1) is 9.20. The van der Waals surface area contributed by atoms with Crippen molar-refractivity contribution >= 4 is 27.5 Å². The highest BCUT2D eigenvalue weighted by Gasteiger charge is 2.24. The summed E-state index contributed by atoms with van der Waals surface area (Å²) in [7, 11) is 1.63. The Hall–Kier alpha value is -1.73. The minimum absolute atomic E-state index is 0.212. The molecule has 0 aromatic carbocycles. The second kappa shape index (κ2) is 4.99. The molecule has 6 nitrogen and oxygen atoms in total. The number of amides is 1. The predicted molar refractivity (Wildman–Crippen MR) is 78.2 cm³/mol. The zero-order valence-electron chi connectivity index (χ0n) is 11.9. The number of aliphatic hydroxyl groups is 1. The van der Waals surface area contributed by atoms with Crippen molar-refractivity contribution in [3.05, 3.63) is 27.1 Å². The van der Waals surface area contributed by atoms with E-state index in [2.05, 4.69) is 9.97 Å². The van der Waals surface area contributed by atoms with Crippen molar-refractivity contribution in [1.29, 1.82) is 0 Å². The Morgan fingerprint density at radius 1 is 1.55 bits per heavy atom. The lowest BCUT2D eigenvalue weighted by Gasteiger charge is -2.25. The van der Waals surface area contributed by atoms with Gasteiger partial charge in [-0.05, 0) is 26.3 Å². The van der Waals surface area contributed by atoms with Gasteiger partial charge in [0, 0.05) is 13.6 Å². The number of aromatic amines is 1. The fraction of sp³-hybridized carbons (Fsp3) is 0.462. The van der Waals surface area contributed by atoms with Crippen molar-refractivity contribution in [2.24, 2.45) is 0 Å². The summed E-state index contributed by atoms with van der Waals surface area (Å²) in [5.41, 5.74) is -0.579. The highest BCUT2D eigenvalue weighted by molar-refractivity contribution is 7.20. The summed E-state index contributed by atoms with van der Waals surface area (Å²) < 4.78 is 0. The largest absolute Gasteiger partial charge is 0.389 e. The fourth-order valence-corrected chi connectivity index (χ4v) is 3.25. The SMILES string of the molecule is Cc1c(C(=O)N(C)CC(C)(C)O)sc2nc[nH]c(=O)c12. The van der Waals surface area contributed by atoms with Crippen molar-refractivity contribution in [2.75, 3.05) is 13.6 Å². The molecule has 0 spiro atoms. The van der Waals surface area contributed by atoms with Crippen molar-refractivity contribution in [1.82, 2.24) is 14.9 Å². The van der Waals surface area contributed by atoms with Crippen LogP contribution >= 0.6 is 11.3 Å². The van der Waals surface area contributed by atoms with Gasteiger partial charge in [-0.3, -0.25) is 9.59 Å². The monoisotopic (exact) mass is 295 g/mol. The van der Waals surface area contributed by atoms with Gasteiger partial charge >= 0.3 is 0 Å². The molecule has 2 rings (SSSR count). The van der Waals surface area contributed by atoms with Crippen molar-refractivity contribution in [3.63, 3.8) is 0 Å².